The van der Waals surface area contributed by atoms with Gasteiger partial charge in [0.15, 0.2) is 0 Å². The Labute approximate surface area is 144 Å². The molecule has 0 aliphatic carbocycles. The molecule has 24 heavy (non-hydrogen) atoms. The third kappa shape index (κ3) is 5.27. The number of piperazine rings is 1. The maximum Gasteiger partial charge on any atom is 0.278 e. The topological polar surface area (TPSA) is 81.8 Å². The van der Waals surface area contributed by atoms with Crippen molar-refractivity contribution in [1.82, 2.24) is 19.2 Å². The van der Waals surface area contributed by atoms with Crippen molar-refractivity contribution < 1.29 is 13.2 Å². The monoisotopic (exact) mass is 354 g/mol. The molecule has 1 saturated heterocycles. The van der Waals surface area contributed by atoms with Crippen molar-refractivity contribution in [1.29, 1.82) is 0 Å². The summed E-state index contributed by atoms with van der Waals surface area (Å²) in [7, 11) is -1.77. The number of nitrogens with one attached hydrogen (secondary N) is 2. The van der Waals surface area contributed by atoms with Gasteiger partial charge < -0.3 is 9.80 Å². The molecular formula is C16H26N4O3S. The molecular weight excluding hydrogens is 328 g/mol. The van der Waals surface area contributed by atoms with Gasteiger partial charge in [-0.05, 0) is 26.5 Å². The molecule has 1 aliphatic rings. The van der Waals surface area contributed by atoms with E-state index in [1.807, 2.05) is 13.1 Å². The number of carbonyl (C=O) groups excluding carboxylic acids is 1. The first-order valence-corrected chi connectivity index (χ1v) is 9.58. The van der Waals surface area contributed by atoms with E-state index < -0.39 is 16.3 Å². The fourth-order valence-corrected chi connectivity index (χ4v) is 3.85. The number of carbonyl (C=O) groups is 1. The first-order valence-electron chi connectivity index (χ1n) is 8.10. The van der Waals surface area contributed by atoms with E-state index in [4.69, 9.17) is 0 Å². The molecule has 8 heteroatoms. The van der Waals surface area contributed by atoms with Crippen molar-refractivity contribution in [3.63, 3.8) is 0 Å². The van der Waals surface area contributed by atoms with E-state index in [-0.39, 0.29) is 11.9 Å². The number of hydrogen-bond donors (Lipinski definition) is 2. The zero-order chi connectivity index (χ0) is 17.7. The lowest BCUT2D eigenvalue weighted by molar-refractivity contribution is -0.134. The zero-order valence-corrected chi connectivity index (χ0v) is 15.2. The van der Waals surface area contributed by atoms with Crippen LogP contribution in [-0.4, -0.2) is 63.4 Å². The fraction of sp³-hybridized carbons (Fsp3) is 0.562. The molecule has 1 atom stereocenters. The molecule has 2 N–H and O–H groups in total. The summed E-state index contributed by atoms with van der Waals surface area (Å²) in [6.45, 7) is 6.22. The minimum Gasteiger partial charge on any atom is -0.338 e. The second-order valence-electron chi connectivity index (χ2n) is 6.37. The summed E-state index contributed by atoms with van der Waals surface area (Å²) in [4.78, 5) is 16.8. The largest absolute Gasteiger partial charge is 0.338 e. The van der Waals surface area contributed by atoms with Gasteiger partial charge in [-0.1, -0.05) is 30.3 Å². The zero-order valence-electron chi connectivity index (χ0n) is 14.4. The molecule has 0 bridgehead atoms. The molecule has 134 valence electrons. The van der Waals surface area contributed by atoms with Crippen LogP contribution < -0.4 is 9.44 Å². The summed E-state index contributed by atoms with van der Waals surface area (Å²) in [6.07, 6.45) is 0. The number of nitrogens with zero attached hydrogens (tertiary/aromatic N) is 2. The molecule has 0 saturated carbocycles. The van der Waals surface area contributed by atoms with Gasteiger partial charge in [0.05, 0.1) is 0 Å². The van der Waals surface area contributed by atoms with Gasteiger partial charge in [-0.3, -0.25) is 4.79 Å². The van der Waals surface area contributed by atoms with Crippen molar-refractivity contribution in [2.45, 2.75) is 25.9 Å². The second-order valence-corrected chi connectivity index (χ2v) is 7.84. The number of likely N-dealkylation sites (N-methyl/N-ethyl adjacent to an activating group) is 1. The predicted molar refractivity (Wildman–Crippen MR) is 93.6 cm³/mol. The third-order valence-electron chi connectivity index (χ3n) is 3.86. The van der Waals surface area contributed by atoms with Crippen LogP contribution >= 0.6 is 0 Å². The first kappa shape index (κ1) is 18.9. The van der Waals surface area contributed by atoms with Crippen molar-refractivity contribution in [3.8, 4) is 0 Å². The number of hydrogen-bond acceptors (Lipinski definition) is 4. The van der Waals surface area contributed by atoms with Gasteiger partial charge in [0.2, 0.25) is 5.91 Å². The second kappa shape index (κ2) is 8.06. The van der Waals surface area contributed by atoms with Gasteiger partial charge in [-0.15, -0.1) is 0 Å². The Hall–Kier alpha value is -1.48. The number of benzene rings is 1. The van der Waals surface area contributed by atoms with E-state index in [0.29, 0.717) is 18.7 Å². The highest BCUT2D eigenvalue weighted by Gasteiger charge is 2.31. The van der Waals surface area contributed by atoms with E-state index >= 15 is 0 Å². The highest BCUT2D eigenvalue weighted by molar-refractivity contribution is 7.87. The van der Waals surface area contributed by atoms with Gasteiger partial charge in [-0.2, -0.15) is 17.9 Å². The minimum absolute atomic E-state index is 0.219. The smallest absolute Gasteiger partial charge is 0.278 e. The summed E-state index contributed by atoms with van der Waals surface area (Å²) in [5, 5.41) is 0. The quantitative estimate of drug-likeness (QED) is 0.772. The Morgan fingerprint density at radius 1 is 1.04 bits per heavy atom. The van der Waals surface area contributed by atoms with Gasteiger partial charge in [0.1, 0.15) is 6.04 Å². The number of rotatable bonds is 6. The predicted octanol–water partition coefficient (Wildman–Crippen LogP) is 0.334. The Bertz CT molecular complexity index is 641. The highest BCUT2D eigenvalue weighted by atomic mass is 32.2. The van der Waals surface area contributed by atoms with E-state index in [1.165, 1.54) is 0 Å². The standard InChI is InChI=1S/C16H26N4O3S/c1-13(2)17-24(22,23)18-15(14-7-5-4-6-8-14)16(21)20-11-9-19(3)10-12-20/h4-8,13,15,17-18H,9-12H2,1-3H3. The lowest BCUT2D eigenvalue weighted by atomic mass is 10.1. The van der Waals surface area contributed by atoms with Gasteiger partial charge in [-0.25, -0.2) is 0 Å². The Morgan fingerprint density at radius 2 is 1.62 bits per heavy atom. The van der Waals surface area contributed by atoms with Crippen molar-refractivity contribution in [3.05, 3.63) is 35.9 Å². The third-order valence-corrected chi connectivity index (χ3v) is 5.19. The average molecular weight is 354 g/mol. The summed E-state index contributed by atoms with van der Waals surface area (Å²) < 4.78 is 29.5. The van der Waals surface area contributed by atoms with Crippen molar-refractivity contribution >= 4 is 16.1 Å². The molecule has 1 amide bonds. The Morgan fingerprint density at radius 3 is 2.17 bits per heavy atom. The lowest BCUT2D eigenvalue weighted by Crippen LogP contribution is -2.52. The van der Waals surface area contributed by atoms with Crippen LogP contribution in [-0.2, 0) is 15.0 Å². The van der Waals surface area contributed by atoms with Crippen LogP contribution in [0.5, 0.6) is 0 Å². The van der Waals surface area contributed by atoms with E-state index in [1.54, 1.807) is 43.0 Å². The van der Waals surface area contributed by atoms with Crippen LogP contribution in [0.25, 0.3) is 0 Å². The summed E-state index contributed by atoms with van der Waals surface area (Å²) in [5.74, 6) is -0.219. The summed E-state index contributed by atoms with van der Waals surface area (Å²) in [6, 6.07) is 7.77. The Kier molecular flexibility index (Phi) is 6.34. The minimum atomic E-state index is -3.78. The highest BCUT2D eigenvalue weighted by Crippen LogP contribution is 2.18. The summed E-state index contributed by atoms with van der Waals surface area (Å²) >= 11 is 0. The molecule has 1 aromatic rings. The molecule has 1 unspecified atom stereocenters. The molecule has 1 heterocycles. The molecule has 1 aliphatic heterocycles. The first-order chi connectivity index (χ1) is 11.3. The molecule has 0 radical (unpaired) electrons. The van der Waals surface area contributed by atoms with Gasteiger partial charge in [0.25, 0.3) is 10.2 Å². The van der Waals surface area contributed by atoms with Crippen LogP contribution in [0.4, 0.5) is 0 Å². The molecule has 1 fully saturated rings. The van der Waals surface area contributed by atoms with Crippen LogP contribution in [0.15, 0.2) is 30.3 Å². The molecule has 1 aromatic carbocycles. The van der Waals surface area contributed by atoms with Crippen LogP contribution in [0.1, 0.15) is 25.5 Å². The van der Waals surface area contributed by atoms with Crippen molar-refractivity contribution in [2.75, 3.05) is 33.2 Å². The maximum atomic E-state index is 12.9. The van der Waals surface area contributed by atoms with E-state index in [0.717, 1.165) is 13.1 Å². The molecule has 7 nitrogen and oxygen atoms in total. The van der Waals surface area contributed by atoms with Crippen LogP contribution in [0, 0.1) is 0 Å². The maximum absolute atomic E-state index is 12.9. The van der Waals surface area contributed by atoms with Crippen LogP contribution in [0.3, 0.4) is 0 Å². The van der Waals surface area contributed by atoms with Crippen molar-refractivity contribution in [2.24, 2.45) is 0 Å². The fourth-order valence-electron chi connectivity index (χ4n) is 2.62. The lowest BCUT2D eigenvalue weighted by Gasteiger charge is -2.34. The summed E-state index contributed by atoms with van der Waals surface area (Å²) in [5.41, 5.74) is 0.635. The number of amides is 1. The van der Waals surface area contributed by atoms with Gasteiger partial charge >= 0.3 is 0 Å². The van der Waals surface area contributed by atoms with Crippen LogP contribution in [0.2, 0.25) is 0 Å². The molecule has 2 rings (SSSR count). The normalized spacial score (nSPS) is 17.9. The Balaban J connectivity index is 2.22. The SMILES string of the molecule is CC(C)NS(=O)(=O)NC(C(=O)N1CCN(C)CC1)c1ccccc1. The van der Waals surface area contributed by atoms with E-state index in [9.17, 15) is 13.2 Å². The van der Waals surface area contributed by atoms with Gasteiger partial charge in [0, 0.05) is 32.2 Å². The van der Waals surface area contributed by atoms with E-state index in [2.05, 4.69) is 14.3 Å². The average Bonchev–Trinajstić information content (AvgIpc) is 2.52. The molecule has 0 spiro atoms. The molecule has 0 aromatic heterocycles.